The molecule has 1 atom stereocenters. The number of hydrogen-bond acceptors (Lipinski definition) is 5. The minimum Gasteiger partial charge on any atom is -0.360 e. The SMILES string of the molecule is Cc1cc(NC(=O)C2CCC(=O)N2Cc2cccs2)no1. The first-order valence-electron chi connectivity index (χ1n) is 6.69. The molecule has 3 rings (SSSR count). The fourth-order valence-corrected chi connectivity index (χ4v) is 3.11. The molecule has 1 unspecified atom stereocenters. The highest BCUT2D eigenvalue weighted by Gasteiger charge is 2.36. The van der Waals surface area contributed by atoms with Gasteiger partial charge in [0.15, 0.2) is 5.82 Å². The van der Waals surface area contributed by atoms with Gasteiger partial charge in [0.1, 0.15) is 11.8 Å². The summed E-state index contributed by atoms with van der Waals surface area (Å²) in [6, 6.07) is 5.11. The molecule has 2 amide bonds. The molecule has 1 N–H and O–H groups in total. The van der Waals surface area contributed by atoms with Crippen molar-refractivity contribution in [2.24, 2.45) is 0 Å². The van der Waals surface area contributed by atoms with Gasteiger partial charge < -0.3 is 14.7 Å². The Balaban J connectivity index is 1.70. The molecule has 0 radical (unpaired) electrons. The average molecular weight is 305 g/mol. The fourth-order valence-electron chi connectivity index (χ4n) is 2.41. The van der Waals surface area contributed by atoms with Crippen LogP contribution in [0.25, 0.3) is 0 Å². The number of carbonyl (C=O) groups excluding carboxylic acids is 2. The normalized spacial score (nSPS) is 18.2. The largest absolute Gasteiger partial charge is 0.360 e. The Morgan fingerprint density at radius 1 is 1.62 bits per heavy atom. The molecule has 2 aromatic rings. The van der Waals surface area contributed by atoms with Crippen molar-refractivity contribution < 1.29 is 14.1 Å². The fraction of sp³-hybridized carbons (Fsp3) is 0.357. The topological polar surface area (TPSA) is 75.4 Å². The van der Waals surface area contributed by atoms with E-state index in [0.717, 1.165) is 4.88 Å². The molecule has 0 spiro atoms. The van der Waals surface area contributed by atoms with Crippen molar-refractivity contribution >= 4 is 29.0 Å². The van der Waals surface area contributed by atoms with Crippen LogP contribution in [0.3, 0.4) is 0 Å². The highest BCUT2D eigenvalue weighted by Crippen LogP contribution is 2.24. The van der Waals surface area contributed by atoms with Gasteiger partial charge >= 0.3 is 0 Å². The highest BCUT2D eigenvalue weighted by molar-refractivity contribution is 7.09. The van der Waals surface area contributed by atoms with Crippen LogP contribution in [-0.4, -0.2) is 27.9 Å². The molecule has 1 fully saturated rings. The number of likely N-dealkylation sites (tertiary alicyclic amines) is 1. The lowest BCUT2D eigenvalue weighted by atomic mass is 10.2. The molecule has 0 aliphatic carbocycles. The van der Waals surface area contributed by atoms with Crippen LogP contribution < -0.4 is 5.32 Å². The number of nitrogens with zero attached hydrogens (tertiary/aromatic N) is 2. The van der Waals surface area contributed by atoms with Crippen molar-refractivity contribution in [2.75, 3.05) is 5.32 Å². The first-order chi connectivity index (χ1) is 10.1. The van der Waals surface area contributed by atoms with Crippen molar-refractivity contribution in [3.63, 3.8) is 0 Å². The molecule has 21 heavy (non-hydrogen) atoms. The average Bonchev–Trinajstić information content (AvgIpc) is 3.15. The molecule has 0 bridgehead atoms. The van der Waals surface area contributed by atoms with Crippen LogP contribution >= 0.6 is 11.3 Å². The molecule has 110 valence electrons. The quantitative estimate of drug-likeness (QED) is 0.939. The maximum absolute atomic E-state index is 12.3. The van der Waals surface area contributed by atoms with Gasteiger partial charge in [-0.15, -0.1) is 11.3 Å². The monoisotopic (exact) mass is 305 g/mol. The Hall–Kier alpha value is -2.15. The Labute approximate surface area is 125 Å². The summed E-state index contributed by atoms with van der Waals surface area (Å²) in [5.41, 5.74) is 0. The number of aryl methyl sites for hydroxylation is 1. The summed E-state index contributed by atoms with van der Waals surface area (Å²) in [5.74, 6) is 0.807. The van der Waals surface area contributed by atoms with E-state index in [1.54, 1.807) is 29.2 Å². The van der Waals surface area contributed by atoms with Crippen molar-refractivity contribution in [1.82, 2.24) is 10.1 Å². The third-order valence-corrected chi connectivity index (χ3v) is 4.28. The van der Waals surface area contributed by atoms with E-state index in [4.69, 9.17) is 4.52 Å². The zero-order valence-electron chi connectivity index (χ0n) is 11.5. The first kappa shape index (κ1) is 13.8. The van der Waals surface area contributed by atoms with Crippen molar-refractivity contribution in [3.8, 4) is 0 Å². The lowest BCUT2D eigenvalue weighted by molar-refractivity contribution is -0.133. The minimum absolute atomic E-state index is 0.0138. The van der Waals surface area contributed by atoms with Gasteiger partial charge in [0.2, 0.25) is 11.8 Å². The summed E-state index contributed by atoms with van der Waals surface area (Å²) in [6.45, 7) is 2.23. The van der Waals surface area contributed by atoms with Crippen LogP contribution in [0.4, 0.5) is 5.82 Å². The van der Waals surface area contributed by atoms with E-state index in [0.29, 0.717) is 31.0 Å². The van der Waals surface area contributed by atoms with Crippen molar-refractivity contribution in [3.05, 3.63) is 34.2 Å². The lowest BCUT2D eigenvalue weighted by Crippen LogP contribution is -2.41. The number of hydrogen-bond donors (Lipinski definition) is 1. The van der Waals surface area contributed by atoms with E-state index < -0.39 is 6.04 Å². The summed E-state index contributed by atoms with van der Waals surface area (Å²) >= 11 is 1.58. The van der Waals surface area contributed by atoms with Gasteiger partial charge in [0.25, 0.3) is 0 Å². The minimum atomic E-state index is -0.448. The molecule has 2 aromatic heterocycles. The summed E-state index contributed by atoms with van der Waals surface area (Å²) in [6.07, 6.45) is 0.939. The van der Waals surface area contributed by atoms with Crippen LogP contribution in [0.1, 0.15) is 23.5 Å². The van der Waals surface area contributed by atoms with Crippen LogP contribution in [0.5, 0.6) is 0 Å². The van der Waals surface area contributed by atoms with E-state index >= 15 is 0 Å². The second kappa shape index (κ2) is 5.69. The summed E-state index contributed by atoms with van der Waals surface area (Å²) in [5, 5.41) is 8.40. The lowest BCUT2D eigenvalue weighted by Gasteiger charge is -2.23. The summed E-state index contributed by atoms with van der Waals surface area (Å²) in [7, 11) is 0. The molecule has 1 saturated heterocycles. The van der Waals surface area contributed by atoms with E-state index in [1.807, 2.05) is 17.5 Å². The molecule has 0 saturated carbocycles. The molecular weight excluding hydrogens is 290 g/mol. The molecule has 1 aliphatic heterocycles. The maximum atomic E-state index is 12.3. The number of rotatable bonds is 4. The van der Waals surface area contributed by atoms with Gasteiger partial charge in [-0.1, -0.05) is 11.2 Å². The Bertz CT molecular complexity index is 650. The van der Waals surface area contributed by atoms with Gasteiger partial charge in [0, 0.05) is 17.4 Å². The highest BCUT2D eigenvalue weighted by atomic mass is 32.1. The first-order valence-corrected chi connectivity index (χ1v) is 7.57. The van der Waals surface area contributed by atoms with Crippen LogP contribution in [-0.2, 0) is 16.1 Å². The van der Waals surface area contributed by atoms with E-state index in [2.05, 4.69) is 10.5 Å². The molecule has 0 aromatic carbocycles. The smallest absolute Gasteiger partial charge is 0.248 e. The van der Waals surface area contributed by atoms with Gasteiger partial charge in [0.05, 0.1) is 6.54 Å². The number of amides is 2. The third kappa shape index (κ3) is 2.97. The second-order valence-corrected chi connectivity index (χ2v) is 6.00. The Morgan fingerprint density at radius 3 is 3.14 bits per heavy atom. The Morgan fingerprint density at radius 2 is 2.48 bits per heavy atom. The number of carbonyl (C=O) groups is 2. The van der Waals surface area contributed by atoms with Crippen LogP contribution in [0.15, 0.2) is 28.1 Å². The molecule has 7 heteroatoms. The standard InChI is InChI=1S/C14H15N3O3S/c1-9-7-12(16-20-9)15-14(19)11-4-5-13(18)17(11)8-10-3-2-6-21-10/h2-3,6-7,11H,4-5,8H2,1H3,(H,15,16,19). The molecular formula is C14H15N3O3S. The van der Waals surface area contributed by atoms with Crippen molar-refractivity contribution in [2.45, 2.75) is 32.4 Å². The van der Waals surface area contributed by atoms with Gasteiger partial charge in [-0.25, -0.2) is 0 Å². The predicted molar refractivity (Wildman–Crippen MR) is 77.8 cm³/mol. The van der Waals surface area contributed by atoms with Gasteiger partial charge in [-0.2, -0.15) is 0 Å². The van der Waals surface area contributed by atoms with Crippen LogP contribution in [0.2, 0.25) is 0 Å². The number of nitrogens with one attached hydrogen (secondary N) is 1. The van der Waals surface area contributed by atoms with Crippen LogP contribution in [0, 0.1) is 6.92 Å². The zero-order valence-corrected chi connectivity index (χ0v) is 12.4. The van der Waals surface area contributed by atoms with Gasteiger partial charge in [-0.05, 0) is 24.8 Å². The third-order valence-electron chi connectivity index (χ3n) is 3.42. The zero-order chi connectivity index (χ0) is 14.8. The molecule has 3 heterocycles. The van der Waals surface area contributed by atoms with Crippen molar-refractivity contribution in [1.29, 1.82) is 0 Å². The maximum Gasteiger partial charge on any atom is 0.248 e. The molecule has 6 nitrogen and oxygen atoms in total. The van der Waals surface area contributed by atoms with Gasteiger partial charge in [-0.3, -0.25) is 9.59 Å². The summed E-state index contributed by atoms with van der Waals surface area (Å²) < 4.78 is 4.92. The number of anilines is 1. The predicted octanol–water partition coefficient (Wildman–Crippen LogP) is 2.17. The summed E-state index contributed by atoms with van der Waals surface area (Å²) in [4.78, 5) is 27.0. The van der Waals surface area contributed by atoms with E-state index in [-0.39, 0.29) is 11.8 Å². The molecule has 1 aliphatic rings. The number of thiophene rings is 1. The number of aromatic nitrogens is 1. The van der Waals surface area contributed by atoms with E-state index in [9.17, 15) is 9.59 Å². The Kier molecular flexibility index (Phi) is 3.74. The van der Waals surface area contributed by atoms with E-state index in [1.165, 1.54) is 0 Å². The second-order valence-electron chi connectivity index (χ2n) is 4.97.